The van der Waals surface area contributed by atoms with Gasteiger partial charge < -0.3 is 5.32 Å². The van der Waals surface area contributed by atoms with E-state index in [0.29, 0.717) is 23.0 Å². The van der Waals surface area contributed by atoms with Crippen LogP contribution in [0.5, 0.6) is 0 Å². The van der Waals surface area contributed by atoms with Gasteiger partial charge in [0.2, 0.25) is 5.91 Å². The van der Waals surface area contributed by atoms with E-state index in [1.54, 1.807) is 18.2 Å². The number of amides is 1. The number of rotatable bonds is 2. The van der Waals surface area contributed by atoms with E-state index >= 15 is 0 Å². The molecule has 1 amide bonds. The molecule has 5 heteroatoms. The van der Waals surface area contributed by atoms with Crippen molar-refractivity contribution >= 4 is 22.5 Å². The van der Waals surface area contributed by atoms with Crippen molar-refractivity contribution in [2.24, 2.45) is 5.41 Å². The second-order valence-corrected chi connectivity index (χ2v) is 5.63. The summed E-state index contributed by atoms with van der Waals surface area (Å²) in [6.07, 6.45) is 0.453. The van der Waals surface area contributed by atoms with Crippen LogP contribution in [0.3, 0.4) is 0 Å². The van der Waals surface area contributed by atoms with Gasteiger partial charge in [-0.25, -0.2) is 0 Å². The molecule has 2 aromatic rings. The molecule has 5 nitrogen and oxygen atoms in total. The predicted octanol–water partition coefficient (Wildman–Crippen LogP) is 2.23. The Balaban J connectivity index is 2.17. The quantitative estimate of drug-likeness (QED) is 0.761. The van der Waals surface area contributed by atoms with Crippen LogP contribution in [0.1, 0.15) is 27.2 Å². The average Bonchev–Trinajstić information content (AvgIpc) is 2.57. The largest absolute Gasteiger partial charge is 0.326 e. The Kier molecular flexibility index (Phi) is 2.98. The van der Waals surface area contributed by atoms with E-state index in [1.807, 2.05) is 20.8 Å². The van der Waals surface area contributed by atoms with Crippen molar-refractivity contribution in [1.82, 2.24) is 10.2 Å². The zero-order valence-corrected chi connectivity index (χ0v) is 10.8. The van der Waals surface area contributed by atoms with Crippen molar-refractivity contribution in [2.75, 3.05) is 5.32 Å². The molecule has 0 saturated heterocycles. The summed E-state index contributed by atoms with van der Waals surface area (Å²) >= 11 is 0. The number of carbonyl (C=O) groups is 1. The zero-order valence-electron chi connectivity index (χ0n) is 10.8. The van der Waals surface area contributed by atoms with Crippen molar-refractivity contribution in [3.05, 3.63) is 28.6 Å². The Morgan fingerprint density at radius 2 is 2.00 bits per heavy atom. The number of hydrogen-bond donors (Lipinski definition) is 3. The second-order valence-electron chi connectivity index (χ2n) is 5.63. The molecule has 1 aromatic heterocycles. The minimum Gasteiger partial charge on any atom is -0.326 e. The highest BCUT2D eigenvalue weighted by molar-refractivity contribution is 5.93. The predicted molar refractivity (Wildman–Crippen MR) is 71.6 cm³/mol. The molecule has 0 aliphatic heterocycles. The monoisotopic (exact) mass is 247 g/mol. The van der Waals surface area contributed by atoms with Crippen molar-refractivity contribution in [1.29, 1.82) is 0 Å². The summed E-state index contributed by atoms with van der Waals surface area (Å²) in [6, 6.07) is 5.16. The number of nitrogens with one attached hydrogen (secondary N) is 3. The minimum absolute atomic E-state index is 0.0280. The molecular formula is C13H17N3O2. The van der Waals surface area contributed by atoms with Crippen LogP contribution in [0.2, 0.25) is 0 Å². The Bertz CT molecular complexity index is 631. The maximum atomic E-state index is 11.8. The highest BCUT2D eigenvalue weighted by Crippen LogP contribution is 2.20. The number of carbonyl (C=O) groups excluding carboxylic acids is 1. The molecule has 0 fully saturated rings. The molecule has 0 saturated carbocycles. The number of aromatic amines is 2. The lowest BCUT2D eigenvalue weighted by molar-refractivity contribution is -0.117. The van der Waals surface area contributed by atoms with Gasteiger partial charge in [-0.15, -0.1) is 0 Å². The van der Waals surface area contributed by atoms with Gasteiger partial charge in [0.1, 0.15) is 0 Å². The van der Waals surface area contributed by atoms with E-state index in [4.69, 9.17) is 0 Å². The molecule has 0 atom stereocenters. The van der Waals surface area contributed by atoms with Gasteiger partial charge in [0.05, 0.1) is 10.9 Å². The Labute approximate surface area is 105 Å². The molecule has 0 aliphatic rings. The number of benzene rings is 1. The van der Waals surface area contributed by atoms with E-state index in [1.165, 1.54) is 0 Å². The Hall–Kier alpha value is -2.04. The second kappa shape index (κ2) is 4.33. The van der Waals surface area contributed by atoms with E-state index < -0.39 is 0 Å². The first-order chi connectivity index (χ1) is 8.35. The van der Waals surface area contributed by atoms with E-state index in [-0.39, 0.29) is 16.9 Å². The maximum Gasteiger partial charge on any atom is 0.271 e. The van der Waals surface area contributed by atoms with Gasteiger partial charge in [-0.1, -0.05) is 20.8 Å². The Morgan fingerprint density at radius 3 is 2.67 bits per heavy atom. The van der Waals surface area contributed by atoms with E-state index in [9.17, 15) is 9.59 Å². The summed E-state index contributed by atoms with van der Waals surface area (Å²) < 4.78 is 0. The zero-order chi connectivity index (χ0) is 13.3. The molecule has 3 N–H and O–H groups in total. The lowest BCUT2D eigenvalue weighted by Crippen LogP contribution is -2.19. The van der Waals surface area contributed by atoms with E-state index in [2.05, 4.69) is 15.5 Å². The van der Waals surface area contributed by atoms with Crippen molar-refractivity contribution in [2.45, 2.75) is 27.2 Å². The fourth-order valence-corrected chi connectivity index (χ4v) is 1.80. The summed E-state index contributed by atoms with van der Waals surface area (Å²) in [7, 11) is 0. The number of hydrogen-bond acceptors (Lipinski definition) is 2. The summed E-state index contributed by atoms with van der Waals surface area (Å²) in [4.78, 5) is 23.1. The van der Waals surface area contributed by atoms with Crippen LogP contribution in [-0.4, -0.2) is 16.1 Å². The first kappa shape index (κ1) is 12.4. The van der Waals surface area contributed by atoms with Crippen LogP contribution in [0.15, 0.2) is 23.0 Å². The molecule has 0 radical (unpaired) electrons. The fraction of sp³-hybridized carbons (Fsp3) is 0.385. The third kappa shape index (κ3) is 2.80. The summed E-state index contributed by atoms with van der Waals surface area (Å²) in [5.41, 5.74) is 1.18. The molecule has 1 aromatic carbocycles. The first-order valence-corrected chi connectivity index (χ1v) is 5.85. The lowest BCUT2D eigenvalue weighted by atomic mass is 9.92. The normalized spacial score (nSPS) is 11.7. The third-order valence-corrected chi connectivity index (χ3v) is 2.55. The molecule has 0 aliphatic carbocycles. The average molecular weight is 247 g/mol. The van der Waals surface area contributed by atoms with Gasteiger partial charge in [0.15, 0.2) is 0 Å². The minimum atomic E-state index is -0.155. The lowest BCUT2D eigenvalue weighted by Gasteiger charge is -2.17. The highest BCUT2D eigenvalue weighted by Gasteiger charge is 2.16. The van der Waals surface area contributed by atoms with Gasteiger partial charge in [-0.05, 0) is 23.6 Å². The number of aromatic nitrogens is 2. The molecule has 96 valence electrons. The van der Waals surface area contributed by atoms with Crippen LogP contribution in [0, 0.1) is 5.41 Å². The van der Waals surface area contributed by atoms with Crippen molar-refractivity contribution < 1.29 is 4.79 Å². The number of anilines is 1. The molecule has 0 unspecified atom stereocenters. The van der Waals surface area contributed by atoms with Gasteiger partial charge in [-0.3, -0.25) is 19.8 Å². The number of fused-ring (bicyclic) bond motifs is 1. The molecule has 2 rings (SSSR count). The standard InChI is InChI=1S/C13H17N3O2/c1-13(2,3)7-11(17)14-8-4-5-9-10(6-8)15-16-12(9)18/h4-6H,7H2,1-3H3,(H,14,17)(H2,15,16,18). The SMILES string of the molecule is CC(C)(C)CC(=O)Nc1ccc2c(=O)[nH][nH]c2c1. The Morgan fingerprint density at radius 1 is 1.28 bits per heavy atom. The van der Waals surface area contributed by atoms with Crippen LogP contribution >= 0.6 is 0 Å². The highest BCUT2D eigenvalue weighted by atomic mass is 16.1. The third-order valence-electron chi connectivity index (χ3n) is 2.55. The fourth-order valence-electron chi connectivity index (χ4n) is 1.80. The summed E-state index contributed by atoms with van der Waals surface area (Å²) in [6.45, 7) is 6.04. The first-order valence-electron chi connectivity index (χ1n) is 5.85. The molecule has 18 heavy (non-hydrogen) atoms. The molecular weight excluding hydrogens is 230 g/mol. The molecule has 0 spiro atoms. The summed E-state index contributed by atoms with van der Waals surface area (Å²) in [5.74, 6) is -0.0280. The van der Waals surface area contributed by atoms with Gasteiger partial charge >= 0.3 is 0 Å². The van der Waals surface area contributed by atoms with Crippen LogP contribution in [0.4, 0.5) is 5.69 Å². The summed E-state index contributed by atoms with van der Waals surface area (Å²) in [5, 5.41) is 8.67. The van der Waals surface area contributed by atoms with Gasteiger partial charge in [-0.2, -0.15) is 0 Å². The van der Waals surface area contributed by atoms with E-state index in [0.717, 1.165) is 0 Å². The van der Waals surface area contributed by atoms with Crippen LogP contribution in [-0.2, 0) is 4.79 Å². The van der Waals surface area contributed by atoms with Crippen molar-refractivity contribution in [3.8, 4) is 0 Å². The van der Waals surface area contributed by atoms with Gasteiger partial charge in [0, 0.05) is 12.1 Å². The van der Waals surface area contributed by atoms with Crippen LogP contribution < -0.4 is 10.9 Å². The topological polar surface area (TPSA) is 77.8 Å². The smallest absolute Gasteiger partial charge is 0.271 e. The maximum absolute atomic E-state index is 11.8. The number of H-pyrrole nitrogens is 2. The molecule has 1 heterocycles. The van der Waals surface area contributed by atoms with Gasteiger partial charge in [0.25, 0.3) is 5.56 Å². The van der Waals surface area contributed by atoms with Crippen molar-refractivity contribution in [3.63, 3.8) is 0 Å². The molecule has 0 bridgehead atoms. The van der Waals surface area contributed by atoms with Crippen LogP contribution in [0.25, 0.3) is 10.9 Å².